The van der Waals surface area contributed by atoms with Gasteiger partial charge < -0.3 is 10.1 Å². The molecule has 172 valence electrons. The van der Waals surface area contributed by atoms with Gasteiger partial charge >= 0.3 is 6.36 Å². The number of anilines is 1. The van der Waals surface area contributed by atoms with Crippen LogP contribution in [0, 0.1) is 11.6 Å². The highest BCUT2D eigenvalue weighted by atomic mass is 35.5. The van der Waals surface area contributed by atoms with Gasteiger partial charge in [0.05, 0.1) is 11.4 Å². The van der Waals surface area contributed by atoms with Crippen LogP contribution in [0.3, 0.4) is 0 Å². The minimum Gasteiger partial charge on any atom is -0.404 e. The first-order valence-electron chi connectivity index (χ1n) is 9.24. The second-order valence-corrected chi connectivity index (χ2v) is 7.02. The first-order chi connectivity index (χ1) is 15.5. The normalized spacial score (nSPS) is 11.2. The minimum absolute atomic E-state index is 0.00525. The number of hydrogen-bond donors (Lipinski definition) is 1. The maximum Gasteiger partial charge on any atom is 0.573 e. The van der Waals surface area contributed by atoms with Crippen molar-refractivity contribution in [2.75, 3.05) is 11.2 Å². The van der Waals surface area contributed by atoms with Crippen LogP contribution in [-0.4, -0.2) is 28.9 Å². The van der Waals surface area contributed by atoms with Gasteiger partial charge in [0.25, 0.3) is 0 Å². The number of pyridine rings is 1. The number of nitrogens with zero attached hydrogens (tertiary/aromatic N) is 1. The molecule has 1 aromatic heterocycles. The smallest absolute Gasteiger partial charge is 0.404 e. The first-order valence-corrected chi connectivity index (χ1v) is 9.78. The number of halogens is 6. The number of ketones is 1. The van der Waals surface area contributed by atoms with E-state index in [4.69, 9.17) is 11.6 Å². The van der Waals surface area contributed by atoms with Gasteiger partial charge in [-0.2, -0.15) is 0 Å². The summed E-state index contributed by atoms with van der Waals surface area (Å²) in [4.78, 5) is 28.3. The fraction of sp³-hybridized carbons (Fsp3) is 0.136. The summed E-state index contributed by atoms with van der Waals surface area (Å²) in [5.74, 6) is -4.02. The van der Waals surface area contributed by atoms with E-state index in [1.54, 1.807) is 0 Å². The van der Waals surface area contributed by atoms with Crippen LogP contribution in [-0.2, 0) is 11.2 Å². The summed E-state index contributed by atoms with van der Waals surface area (Å²) >= 11 is 5.38. The molecule has 1 heterocycles. The second-order valence-electron chi connectivity index (χ2n) is 6.75. The average Bonchev–Trinajstić information content (AvgIpc) is 2.73. The molecule has 5 nitrogen and oxygen atoms in total. The van der Waals surface area contributed by atoms with Gasteiger partial charge in [0.2, 0.25) is 5.91 Å². The first kappa shape index (κ1) is 24.1. The summed E-state index contributed by atoms with van der Waals surface area (Å²) in [5, 5.41) is 2.15. The molecule has 0 fully saturated rings. The molecular weight excluding hydrogens is 471 g/mol. The topological polar surface area (TPSA) is 68.3 Å². The standard InChI is InChI=1S/C22H14ClF5N2O3/c23-10-21(32)30-18-8-13(2-4-20(18)33-22(26,27)28)19(31)5-12-1-3-17(29-11-12)14-6-15(24)9-16(25)7-14/h1-4,6-9,11H,5,10H2,(H,30,32). The predicted molar refractivity (Wildman–Crippen MR) is 110 cm³/mol. The van der Waals surface area contributed by atoms with E-state index in [-0.39, 0.29) is 28.9 Å². The molecule has 0 saturated heterocycles. The number of carbonyl (C=O) groups excluding carboxylic acids is 2. The molecule has 3 aromatic rings. The van der Waals surface area contributed by atoms with E-state index in [1.807, 2.05) is 0 Å². The molecule has 0 bridgehead atoms. The lowest BCUT2D eigenvalue weighted by Gasteiger charge is -2.15. The number of hydrogen-bond acceptors (Lipinski definition) is 4. The molecule has 11 heteroatoms. The number of Topliss-reactive ketones (excluding diaryl/α,β-unsaturated/α-hetero) is 1. The van der Waals surface area contributed by atoms with Crippen molar-refractivity contribution in [2.45, 2.75) is 12.8 Å². The third kappa shape index (κ3) is 6.72. The van der Waals surface area contributed by atoms with Gasteiger partial charge in [0, 0.05) is 29.8 Å². The van der Waals surface area contributed by atoms with E-state index in [2.05, 4.69) is 15.0 Å². The van der Waals surface area contributed by atoms with Gasteiger partial charge in [-0.25, -0.2) is 8.78 Å². The third-order valence-corrected chi connectivity index (χ3v) is 4.51. The Morgan fingerprint density at radius 2 is 1.70 bits per heavy atom. The maximum absolute atomic E-state index is 13.4. The van der Waals surface area contributed by atoms with Crippen LogP contribution in [0.4, 0.5) is 27.6 Å². The molecule has 0 aliphatic heterocycles. The van der Waals surface area contributed by atoms with Gasteiger partial charge in [-0.15, -0.1) is 24.8 Å². The van der Waals surface area contributed by atoms with E-state index in [0.717, 1.165) is 36.4 Å². The van der Waals surface area contributed by atoms with E-state index in [0.29, 0.717) is 5.56 Å². The lowest BCUT2D eigenvalue weighted by atomic mass is 10.0. The Morgan fingerprint density at radius 1 is 1.00 bits per heavy atom. The summed E-state index contributed by atoms with van der Waals surface area (Å²) in [6.45, 7) is 0. The molecule has 1 amide bonds. The molecule has 0 aliphatic rings. The van der Waals surface area contributed by atoms with Crippen molar-refractivity contribution in [1.29, 1.82) is 0 Å². The SMILES string of the molecule is O=C(CCl)Nc1cc(C(=O)Cc2ccc(-c3cc(F)cc(F)c3)nc2)ccc1OC(F)(F)F. The molecule has 0 radical (unpaired) electrons. The van der Waals surface area contributed by atoms with Crippen LogP contribution >= 0.6 is 11.6 Å². The van der Waals surface area contributed by atoms with Gasteiger partial charge in [-0.1, -0.05) is 6.07 Å². The fourth-order valence-corrected chi connectivity index (χ4v) is 2.95. The molecule has 0 saturated carbocycles. The van der Waals surface area contributed by atoms with E-state index in [9.17, 15) is 31.5 Å². The van der Waals surface area contributed by atoms with Crippen molar-refractivity contribution in [3.05, 3.63) is 77.5 Å². The summed E-state index contributed by atoms with van der Waals surface area (Å²) in [5.41, 5.74) is 0.577. The predicted octanol–water partition coefficient (Wildman–Crippen LogP) is 5.53. The van der Waals surface area contributed by atoms with Gasteiger partial charge in [0.1, 0.15) is 17.5 Å². The van der Waals surface area contributed by atoms with Crippen LogP contribution in [0.15, 0.2) is 54.7 Å². The van der Waals surface area contributed by atoms with Crippen LogP contribution in [0.2, 0.25) is 0 Å². The van der Waals surface area contributed by atoms with Crippen molar-refractivity contribution in [3.8, 4) is 17.0 Å². The molecule has 2 aromatic carbocycles. The van der Waals surface area contributed by atoms with Crippen LogP contribution in [0.1, 0.15) is 15.9 Å². The molecule has 0 unspecified atom stereocenters. The fourth-order valence-electron chi connectivity index (χ4n) is 2.89. The molecule has 1 N–H and O–H groups in total. The number of nitrogens with one attached hydrogen (secondary N) is 1. The number of ether oxygens (including phenoxy) is 1. The van der Waals surface area contributed by atoms with Gasteiger partial charge in [-0.3, -0.25) is 14.6 Å². The summed E-state index contributed by atoms with van der Waals surface area (Å²) < 4.78 is 68.5. The Kier molecular flexibility index (Phi) is 7.27. The zero-order valence-corrected chi connectivity index (χ0v) is 17.3. The molecule has 3 rings (SSSR count). The van der Waals surface area contributed by atoms with Crippen LogP contribution < -0.4 is 10.1 Å². The summed E-state index contributed by atoms with van der Waals surface area (Å²) in [6.07, 6.45) is -3.84. The number of benzene rings is 2. The lowest BCUT2D eigenvalue weighted by molar-refractivity contribution is -0.274. The Balaban J connectivity index is 1.80. The van der Waals surface area contributed by atoms with Crippen LogP contribution in [0.25, 0.3) is 11.3 Å². The van der Waals surface area contributed by atoms with Crippen molar-refractivity contribution >= 4 is 29.0 Å². The third-order valence-electron chi connectivity index (χ3n) is 4.27. The van der Waals surface area contributed by atoms with E-state index >= 15 is 0 Å². The zero-order valence-electron chi connectivity index (χ0n) is 16.6. The van der Waals surface area contributed by atoms with Crippen molar-refractivity contribution in [1.82, 2.24) is 4.98 Å². The highest BCUT2D eigenvalue weighted by Gasteiger charge is 2.32. The molecule has 0 atom stereocenters. The number of alkyl halides is 4. The Bertz CT molecular complexity index is 1160. The maximum atomic E-state index is 13.4. The molecular formula is C22H14ClF5N2O3. The number of aromatic nitrogens is 1. The largest absolute Gasteiger partial charge is 0.573 e. The lowest BCUT2D eigenvalue weighted by Crippen LogP contribution is -2.20. The molecule has 0 aliphatic carbocycles. The van der Waals surface area contributed by atoms with Gasteiger partial charge in [-0.05, 0) is 42.0 Å². The highest BCUT2D eigenvalue weighted by molar-refractivity contribution is 6.29. The summed E-state index contributed by atoms with van der Waals surface area (Å²) in [7, 11) is 0. The average molecular weight is 485 g/mol. The zero-order chi connectivity index (χ0) is 24.2. The van der Waals surface area contributed by atoms with E-state index in [1.165, 1.54) is 18.3 Å². The quantitative estimate of drug-likeness (QED) is 0.272. The Labute approximate surface area is 189 Å². The van der Waals surface area contributed by atoms with Crippen molar-refractivity contribution in [3.63, 3.8) is 0 Å². The van der Waals surface area contributed by atoms with E-state index < -0.39 is 41.3 Å². The summed E-state index contributed by atoms with van der Waals surface area (Å²) in [6, 6.07) is 9.02. The van der Waals surface area contributed by atoms with Crippen molar-refractivity contribution < 1.29 is 36.3 Å². The number of rotatable bonds is 7. The molecule has 0 spiro atoms. The number of amides is 1. The highest BCUT2D eigenvalue weighted by Crippen LogP contribution is 2.32. The van der Waals surface area contributed by atoms with Gasteiger partial charge in [0.15, 0.2) is 11.5 Å². The molecule has 33 heavy (non-hydrogen) atoms. The number of carbonyl (C=O) groups is 2. The minimum atomic E-state index is -5.01. The Hall–Kier alpha value is -3.53. The van der Waals surface area contributed by atoms with Crippen LogP contribution in [0.5, 0.6) is 5.75 Å². The second kappa shape index (κ2) is 9.95. The monoisotopic (exact) mass is 484 g/mol. The van der Waals surface area contributed by atoms with Crippen molar-refractivity contribution in [2.24, 2.45) is 0 Å². The Morgan fingerprint density at radius 3 is 2.27 bits per heavy atom.